The molecule has 0 aromatic carbocycles. The van der Waals surface area contributed by atoms with E-state index in [2.05, 4.69) is 24.1 Å². The van der Waals surface area contributed by atoms with Crippen LogP contribution in [0.4, 0.5) is 0 Å². The number of aromatic nitrogens is 1. The molecule has 1 aromatic rings. The summed E-state index contributed by atoms with van der Waals surface area (Å²) in [5, 5.41) is 22.2. The van der Waals surface area contributed by atoms with Gasteiger partial charge in [0.15, 0.2) is 0 Å². The number of nitrogens with zero attached hydrogens (tertiary/aromatic N) is 1. The third-order valence-electron chi connectivity index (χ3n) is 3.06. The molecule has 0 aliphatic heterocycles. The van der Waals surface area contributed by atoms with Gasteiger partial charge < -0.3 is 15.5 Å². The van der Waals surface area contributed by atoms with Gasteiger partial charge >= 0.3 is 0 Å². The highest BCUT2D eigenvalue weighted by molar-refractivity contribution is 5.17. The lowest BCUT2D eigenvalue weighted by molar-refractivity contribution is 0.101. The van der Waals surface area contributed by atoms with Crippen molar-refractivity contribution in [2.24, 2.45) is 5.92 Å². The Bertz CT molecular complexity index is 310. The highest BCUT2D eigenvalue weighted by Gasteiger charge is 2.14. The van der Waals surface area contributed by atoms with Gasteiger partial charge in [0.2, 0.25) is 0 Å². The summed E-state index contributed by atoms with van der Waals surface area (Å²) in [4.78, 5) is 4.07. The maximum Gasteiger partial charge on any atom is 0.133 e. The molecule has 0 aliphatic rings. The summed E-state index contributed by atoms with van der Waals surface area (Å²) in [6.45, 7) is 5.38. The van der Waals surface area contributed by atoms with Gasteiger partial charge in [-0.1, -0.05) is 26.7 Å². The molecule has 0 aliphatic carbocycles. The molecular weight excluding hydrogens is 216 g/mol. The second-order valence-corrected chi connectivity index (χ2v) is 4.28. The topological polar surface area (TPSA) is 65.4 Å². The number of hydrogen-bond acceptors (Lipinski definition) is 4. The van der Waals surface area contributed by atoms with Crippen LogP contribution in [0, 0.1) is 5.92 Å². The molecule has 4 nitrogen and oxygen atoms in total. The summed E-state index contributed by atoms with van der Waals surface area (Å²) < 4.78 is 0. The van der Waals surface area contributed by atoms with Crippen LogP contribution in [-0.2, 0) is 6.54 Å². The van der Waals surface area contributed by atoms with Gasteiger partial charge in [-0.2, -0.15) is 0 Å². The molecule has 0 bridgehead atoms. The van der Waals surface area contributed by atoms with Gasteiger partial charge in [0.05, 0.1) is 18.0 Å². The van der Waals surface area contributed by atoms with Crippen LogP contribution in [0.3, 0.4) is 0 Å². The second kappa shape index (κ2) is 7.25. The van der Waals surface area contributed by atoms with Gasteiger partial charge in [0.1, 0.15) is 5.75 Å². The van der Waals surface area contributed by atoms with Crippen LogP contribution in [0.1, 0.15) is 32.4 Å². The van der Waals surface area contributed by atoms with Crippen LogP contribution >= 0.6 is 0 Å². The third kappa shape index (κ3) is 4.71. The number of aromatic hydroxyl groups is 1. The molecule has 0 amide bonds. The second-order valence-electron chi connectivity index (χ2n) is 4.28. The van der Waals surface area contributed by atoms with E-state index in [9.17, 15) is 5.11 Å². The SMILES string of the molecule is CCC(CC)C(O)CNCc1ccc(O)cn1. The summed E-state index contributed by atoms with van der Waals surface area (Å²) in [6, 6.07) is 3.38. The third-order valence-corrected chi connectivity index (χ3v) is 3.06. The van der Waals surface area contributed by atoms with Crippen molar-refractivity contribution in [1.29, 1.82) is 0 Å². The molecule has 17 heavy (non-hydrogen) atoms. The molecule has 0 spiro atoms. The van der Waals surface area contributed by atoms with Crippen LogP contribution in [0.15, 0.2) is 18.3 Å². The fourth-order valence-electron chi connectivity index (χ4n) is 1.87. The summed E-state index contributed by atoms with van der Waals surface area (Å²) in [5.74, 6) is 0.529. The molecule has 1 unspecified atom stereocenters. The Hall–Kier alpha value is -1.13. The van der Waals surface area contributed by atoms with E-state index in [0.29, 0.717) is 19.0 Å². The molecule has 1 atom stereocenters. The first-order chi connectivity index (χ1) is 8.17. The Morgan fingerprint density at radius 3 is 2.53 bits per heavy atom. The van der Waals surface area contributed by atoms with E-state index < -0.39 is 0 Å². The van der Waals surface area contributed by atoms with E-state index in [-0.39, 0.29) is 11.9 Å². The number of aliphatic hydroxyl groups excluding tert-OH is 1. The van der Waals surface area contributed by atoms with Gasteiger partial charge in [-0.25, -0.2) is 0 Å². The summed E-state index contributed by atoms with van der Waals surface area (Å²) in [6.07, 6.45) is 3.11. The first kappa shape index (κ1) is 13.9. The van der Waals surface area contributed by atoms with Crippen molar-refractivity contribution < 1.29 is 10.2 Å². The van der Waals surface area contributed by atoms with Crippen molar-refractivity contribution in [2.75, 3.05) is 6.54 Å². The normalized spacial score (nSPS) is 12.9. The van der Waals surface area contributed by atoms with Gasteiger partial charge in [-0.15, -0.1) is 0 Å². The van der Waals surface area contributed by atoms with E-state index in [1.807, 2.05) is 0 Å². The monoisotopic (exact) mass is 238 g/mol. The molecule has 0 radical (unpaired) electrons. The molecule has 96 valence electrons. The van der Waals surface area contributed by atoms with E-state index >= 15 is 0 Å². The molecule has 0 saturated carbocycles. The van der Waals surface area contributed by atoms with Crippen LogP contribution < -0.4 is 5.32 Å². The zero-order valence-electron chi connectivity index (χ0n) is 10.6. The lowest BCUT2D eigenvalue weighted by atomic mass is 9.96. The molecular formula is C13H22N2O2. The Kier molecular flexibility index (Phi) is 5.94. The van der Waals surface area contributed by atoms with E-state index in [0.717, 1.165) is 18.5 Å². The first-order valence-corrected chi connectivity index (χ1v) is 6.20. The van der Waals surface area contributed by atoms with Crippen LogP contribution in [0.2, 0.25) is 0 Å². The highest BCUT2D eigenvalue weighted by Crippen LogP contribution is 2.12. The van der Waals surface area contributed by atoms with Crippen molar-refractivity contribution in [2.45, 2.75) is 39.3 Å². The zero-order valence-corrected chi connectivity index (χ0v) is 10.6. The molecule has 1 rings (SSSR count). The number of rotatable bonds is 7. The zero-order chi connectivity index (χ0) is 12.7. The summed E-state index contributed by atoms with van der Waals surface area (Å²) in [7, 11) is 0. The van der Waals surface area contributed by atoms with Crippen LogP contribution in [-0.4, -0.2) is 27.8 Å². The minimum atomic E-state index is -0.304. The molecule has 0 saturated heterocycles. The van der Waals surface area contributed by atoms with Crippen molar-refractivity contribution in [1.82, 2.24) is 10.3 Å². The molecule has 4 heteroatoms. The lowest BCUT2D eigenvalue weighted by Crippen LogP contribution is -2.32. The lowest BCUT2D eigenvalue weighted by Gasteiger charge is -2.20. The smallest absolute Gasteiger partial charge is 0.133 e. The molecule has 3 N–H and O–H groups in total. The number of pyridine rings is 1. The maximum atomic E-state index is 9.91. The maximum absolute atomic E-state index is 9.91. The number of hydrogen-bond donors (Lipinski definition) is 3. The summed E-state index contributed by atoms with van der Waals surface area (Å²) in [5.41, 5.74) is 0.861. The van der Waals surface area contributed by atoms with E-state index in [1.54, 1.807) is 12.1 Å². The number of nitrogens with one attached hydrogen (secondary N) is 1. The average molecular weight is 238 g/mol. The molecule has 1 heterocycles. The average Bonchev–Trinajstić information content (AvgIpc) is 2.33. The Morgan fingerprint density at radius 2 is 2.00 bits per heavy atom. The van der Waals surface area contributed by atoms with Crippen LogP contribution in [0.5, 0.6) is 5.75 Å². The van der Waals surface area contributed by atoms with Crippen molar-refractivity contribution in [3.8, 4) is 5.75 Å². The summed E-state index contributed by atoms with van der Waals surface area (Å²) >= 11 is 0. The van der Waals surface area contributed by atoms with E-state index in [1.165, 1.54) is 6.20 Å². The van der Waals surface area contributed by atoms with Gasteiger partial charge in [-0.05, 0) is 18.1 Å². The van der Waals surface area contributed by atoms with Gasteiger partial charge in [-0.3, -0.25) is 4.98 Å². The molecule has 0 fully saturated rings. The predicted octanol–water partition coefficient (Wildman–Crippen LogP) is 1.67. The quantitative estimate of drug-likeness (QED) is 0.676. The first-order valence-electron chi connectivity index (χ1n) is 6.20. The van der Waals surface area contributed by atoms with Gasteiger partial charge in [0.25, 0.3) is 0 Å². The van der Waals surface area contributed by atoms with Crippen molar-refractivity contribution in [3.63, 3.8) is 0 Å². The largest absolute Gasteiger partial charge is 0.506 e. The minimum absolute atomic E-state index is 0.172. The van der Waals surface area contributed by atoms with E-state index in [4.69, 9.17) is 5.11 Å². The minimum Gasteiger partial charge on any atom is -0.506 e. The fourth-order valence-corrected chi connectivity index (χ4v) is 1.87. The Balaban J connectivity index is 2.30. The fraction of sp³-hybridized carbons (Fsp3) is 0.615. The molecule has 1 aromatic heterocycles. The highest BCUT2D eigenvalue weighted by atomic mass is 16.3. The standard InChI is InChI=1S/C13H22N2O2/c1-3-10(4-2)13(17)9-14-7-11-5-6-12(16)8-15-11/h5-6,8,10,13-14,16-17H,3-4,7,9H2,1-2H3. The Morgan fingerprint density at radius 1 is 1.29 bits per heavy atom. The van der Waals surface area contributed by atoms with Crippen LogP contribution in [0.25, 0.3) is 0 Å². The number of aliphatic hydroxyl groups is 1. The van der Waals surface area contributed by atoms with Gasteiger partial charge in [0, 0.05) is 13.1 Å². The van der Waals surface area contributed by atoms with Crippen molar-refractivity contribution in [3.05, 3.63) is 24.0 Å². The predicted molar refractivity (Wildman–Crippen MR) is 67.7 cm³/mol. The van der Waals surface area contributed by atoms with Crippen molar-refractivity contribution >= 4 is 0 Å². The Labute approximate surface area is 103 Å².